The largest absolute Gasteiger partial charge is 0.445 e. The second-order valence-electron chi connectivity index (χ2n) is 7.08. The lowest BCUT2D eigenvalue weighted by Gasteiger charge is -2.39. The van der Waals surface area contributed by atoms with E-state index in [1.54, 1.807) is 13.1 Å². The molecule has 0 radical (unpaired) electrons. The van der Waals surface area contributed by atoms with E-state index in [9.17, 15) is 9.59 Å². The first-order valence-electron chi connectivity index (χ1n) is 9.63. The molecule has 2 aromatic carbocycles. The maximum Gasteiger partial charge on any atom is 0.407 e. The predicted molar refractivity (Wildman–Crippen MR) is 109 cm³/mol. The van der Waals surface area contributed by atoms with Crippen LogP contribution in [0.5, 0.6) is 0 Å². The monoisotopic (exact) mass is 381 g/mol. The summed E-state index contributed by atoms with van der Waals surface area (Å²) in [6, 6.07) is 15.1. The minimum Gasteiger partial charge on any atom is -0.445 e. The number of alkyl carbamates (subject to hydrolysis) is 1. The van der Waals surface area contributed by atoms with Crippen LogP contribution >= 0.6 is 0 Å². The lowest BCUT2D eigenvalue weighted by Crippen LogP contribution is -2.44. The second-order valence-corrected chi connectivity index (χ2v) is 7.08. The lowest BCUT2D eigenvalue weighted by atomic mass is 9.82. The van der Waals surface area contributed by atoms with Crippen LogP contribution in [-0.4, -0.2) is 25.1 Å². The normalized spacial score (nSPS) is 20.5. The Balaban J connectivity index is 1.79. The fourth-order valence-corrected chi connectivity index (χ4v) is 3.66. The Hall–Kier alpha value is -3.02. The van der Waals surface area contributed by atoms with Crippen molar-refractivity contribution < 1.29 is 14.3 Å². The molecule has 148 valence electrons. The SMILES string of the molecule is CCC1Nc2ccc(C(=O)NC)cc2C(NC(=O)OCc2ccccc2)[C@H]1C. The van der Waals surface area contributed by atoms with Crippen molar-refractivity contribution in [2.24, 2.45) is 5.92 Å². The number of nitrogens with one attached hydrogen (secondary N) is 3. The topological polar surface area (TPSA) is 79.5 Å². The molecule has 2 amide bonds. The van der Waals surface area contributed by atoms with Gasteiger partial charge in [-0.3, -0.25) is 4.79 Å². The van der Waals surface area contributed by atoms with Gasteiger partial charge in [-0.25, -0.2) is 4.79 Å². The van der Waals surface area contributed by atoms with Crippen LogP contribution in [0.3, 0.4) is 0 Å². The van der Waals surface area contributed by atoms with Crippen LogP contribution in [0.15, 0.2) is 48.5 Å². The quantitative estimate of drug-likeness (QED) is 0.735. The molecular formula is C22H27N3O3. The van der Waals surface area contributed by atoms with Crippen LogP contribution in [0.1, 0.15) is 47.8 Å². The highest BCUT2D eigenvalue weighted by Gasteiger charge is 2.34. The highest BCUT2D eigenvalue weighted by atomic mass is 16.5. The average Bonchev–Trinajstić information content (AvgIpc) is 2.73. The molecular weight excluding hydrogens is 354 g/mol. The summed E-state index contributed by atoms with van der Waals surface area (Å²) in [6.45, 7) is 4.43. The molecule has 0 spiro atoms. The smallest absolute Gasteiger partial charge is 0.407 e. The van der Waals surface area contributed by atoms with Crippen LogP contribution in [0, 0.1) is 5.92 Å². The summed E-state index contributed by atoms with van der Waals surface area (Å²) < 4.78 is 5.41. The van der Waals surface area contributed by atoms with Gasteiger partial charge in [-0.15, -0.1) is 0 Å². The van der Waals surface area contributed by atoms with Crippen LogP contribution < -0.4 is 16.0 Å². The second kappa shape index (κ2) is 8.78. The van der Waals surface area contributed by atoms with Crippen LogP contribution in [0.2, 0.25) is 0 Å². The van der Waals surface area contributed by atoms with Crippen LogP contribution in [0.25, 0.3) is 0 Å². The zero-order valence-electron chi connectivity index (χ0n) is 16.5. The van der Waals surface area contributed by atoms with Gasteiger partial charge >= 0.3 is 6.09 Å². The van der Waals surface area contributed by atoms with E-state index in [-0.39, 0.29) is 30.5 Å². The molecule has 0 fully saturated rings. The van der Waals surface area contributed by atoms with E-state index in [1.807, 2.05) is 42.5 Å². The summed E-state index contributed by atoms with van der Waals surface area (Å²) in [4.78, 5) is 24.5. The van der Waals surface area contributed by atoms with Crippen LogP contribution in [-0.2, 0) is 11.3 Å². The molecule has 0 aromatic heterocycles. The third-order valence-electron chi connectivity index (χ3n) is 5.30. The first kappa shape index (κ1) is 19.7. The summed E-state index contributed by atoms with van der Waals surface area (Å²) >= 11 is 0. The molecule has 6 heteroatoms. The molecule has 6 nitrogen and oxygen atoms in total. The molecule has 0 aliphatic carbocycles. The average molecular weight is 381 g/mol. The molecule has 0 saturated heterocycles. The van der Waals surface area contributed by atoms with E-state index in [4.69, 9.17) is 4.74 Å². The summed E-state index contributed by atoms with van der Waals surface area (Å²) in [7, 11) is 1.60. The Labute approximate surface area is 165 Å². The van der Waals surface area contributed by atoms with Crippen molar-refractivity contribution in [3.05, 3.63) is 65.2 Å². The first-order chi connectivity index (χ1) is 13.5. The number of carbonyl (C=O) groups is 2. The van der Waals surface area contributed by atoms with Crippen molar-refractivity contribution >= 4 is 17.7 Å². The Kier molecular flexibility index (Phi) is 6.19. The Morgan fingerprint density at radius 2 is 1.89 bits per heavy atom. The summed E-state index contributed by atoms with van der Waals surface area (Å²) in [5, 5.41) is 9.17. The van der Waals surface area contributed by atoms with E-state index in [0.717, 1.165) is 23.2 Å². The van der Waals surface area contributed by atoms with Gasteiger partial charge in [0.1, 0.15) is 6.61 Å². The molecule has 2 unspecified atom stereocenters. The van der Waals surface area contributed by atoms with Crippen molar-refractivity contribution in [2.45, 2.75) is 39.0 Å². The van der Waals surface area contributed by atoms with Crippen molar-refractivity contribution in [1.29, 1.82) is 0 Å². The van der Waals surface area contributed by atoms with Gasteiger partial charge in [0.25, 0.3) is 5.91 Å². The number of amides is 2. The van der Waals surface area contributed by atoms with Gasteiger partial charge in [0, 0.05) is 30.3 Å². The molecule has 3 N–H and O–H groups in total. The van der Waals surface area contributed by atoms with Crippen molar-refractivity contribution in [3.63, 3.8) is 0 Å². The van der Waals surface area contributed by atoms with Gasteiger partial charge in [-0.2, -0.15) is 0 Å². The summed E-state index contributed by atoms with van der Waals surface area (Å²) in [5.41, 5.74) is 3.33. The van der Waals surface area contributed by atoms with Gasteiger partial charge in [0.05, 0.1) is 6.04 Å². The number of benzene rings is 2. The highest BCUT2D eigenvalue weighted by Crippen LogP contribution is 2.38. The number of hydrogen-bond acceptors (Lipinski definition) is 4. The molecule has 1 aliphatic rings. The molecule has 3 rings (SSSR count). The molecule has 0 saturated carbocycles. The van der Waals surface area contributed by atoms with Gasteiger partial charge < -0.3 is 20.7 Å². The van der Waals surface area contributed by atoms with E-state index >= 15 is 0 Å². The van der Waals surface area contributed by atoms with E-state index in [1.165, 1.54) is 0 Å². The summed E-state index contributed by atoms with van der Waals surface area (Å²) in [6.07, 6.45) is 0.462. The standard InChI is InChI=1S/C22H27N3O3/c1-4-18-14(2)20(25-22(27)28-13-15-8-6-5-7-9-15)17-12-16(21(26)23-3)10-11-19(17)24-18/h5-12,14,18,20,24H,4,13H2,1-3H3,(H,23,26)(H,25,27)/t14-,18?,20?/m0/s1. The number of carbonyl (C=O) groups excluding carboxylic acids is 2. The maximum atomic E-state index is 12.5. The molecule has 0 bridgehead atoms. The van der Waals surface area contributed by atoms with Gasteiger partial charge in [-0.05, 0) is 35.7 Å². The van der Waals surface area contributed by atoms with Crippen LogP contribution in [0.4, 0.5) is 10.5 Å². The Bertz CT molecular complexity index is 838. The zero-order chi connectivity index (χ0) is 20.1. The van der Waals surface area contributed by atoms with Gasteiger partial charge in [-0.1, -0.05) is 44.2 Å². The minimum absolute atomic E-state index is 0.140. The Morgan fingerprint density at radius 1 is 1.14 bits per heavy atom. The van der Waals surface area contributed by atoms with E-state index in [0.29, 0.717) is 5.56 Å². The number of hydrogen-bond donors (Lipinski definition) is 3. The van der Waals surface area contributed by atoms with Gasteiger partial charge in [0.15, 0.2) is 0 Å². The van der Waals surface area contributed by atoms with Gasteiger partial charge in [0.2, 0.25) is 0 Å². The molecule has 28 heavy (non-hydrogen) atoms. The zero-order valence-corrected chi connectivity index (χ0v) is 16.5. The molecule has 1 aliphatic heterocycles. The lowest BCUT2D eigenvalue weighted by molar-refractivity contribution is 0.0963. The van der Waals surface area contributed by atoms with Crippen molar-refractivity contribution in [1.82, 2.24) is 10.6 Å². The minimum atomic E-state index is -0.464. The molecule has 2 aromatic rings. The number of fused-ring (bicyclic) bond motifs is 1. The number of rotatable bonds is 5. The first-order valence-corrected chi connectivity index (χ1v) is 9.63. The molecule has 1 heterocycles. The Morgan fingerprint density at radius 3 is 2.57 bits per heavy atom. The number of anilines is 1. The maximum absolute atomic E-state index is 12.5. The number of ether oxygens (including phenoxy) is 1. The van der Waals surface area contributed by atoms with E-state index in [2.05, 4.69) is 29.8 Å². The van der Waals surface area contributed by atoms with E-state index < -0.39 is 6.09 Å². The third kappa shape index (κ3) is 4.27. The fourth-order valence-electron chi connectivity index (χ4n) is 3.66. The van der Waals surface area contributed by atoms with Crippen molar-refractivity contribution in [3.8, 4) is 0 Å². The fraction of sp³-hybridized carbons (Fsp3) is 0.364. The third-order valence-corrected chi connectivity index (χ3v) is 5.30. The molecule has 3 atom stereocenters. The highest BCUT2D eigenvalue weighted by molar-refractivity contribution is 5.94. The summed E-state index contributed by atoms with van der Waals surface area (Å²) in [5.74, 6) is -0.0137. The predicted octanol–water partition coefficient (Wildman–Crippen LogP) is 3.85. The van der Waals surface area contributed by atoms with Crippen molar-refractivity contribution in [2.75, 3.05) is 12.4 Å².